The van der Waals surface area contributed by atoms with Crippen molar-refractivity contribution in [3.05, 3.63) is 29.3 Å². The second-order valence-electron chi connectivity index (χ2n) is 3.34. The summed E-state index contributed by atoms with van der Waals surface area (Å²) in [5.74, 6) is 0. The smallest absolute Gasteiger partial charge is 0.0589 e. The maximum atomic E-state index is 12.1. The largest absolute Gasteiger partial charge is 0.315 e. The van der Waals surface area contributed by atoms with Gasteiger partial charge in [0.2, 0.25) is 0 Å². The number of nitrogens with one attached hydrogen (secondary N) is 1. The van der Waals surface area contributed by atoms with Gasteiger partial charge in [0.25, 0.3) is 0 Å². The first-order valence-electron chi connectivity index (χ1n) is 4.65. The Morgan fingerprint density at radius 2 is 2.21 bits per heavy atom. The minimum atomic E-state index is -0.965. The predicted octanol–water partition coefficient (Wildman–Crippen LogP) is 1.81. The Morgan fingerprint density at radius 3 is 2.86 bits per heavy atom. The van der Waals surface area contributed by atoms with E-state index < -0.39 is 10.8 Å². The number of benzene rings is 1. The molecule has 2 unspecified atom stereocenters. The Bertz CT molecular complexity index is 350. The van der Waals surface area contributed by atoms with Gasteiger partial charge in [0.1, 0.15) is 0 Å². The van der Waals surface area contributed by atoms with Gasteiger partial charge in [0, 0.05) is 6.54 Å². The van der Waals surface area contributed by atoms with Gasteiger partial charge in [-0.25, -0.2) is 0 Å². The summed E-state index contributed by atoms with van der Waals surface area (Å²) < 4.78 is 12.1. The summed E-state index contributed by atoms with van der Waals surface area (Å²) in [4.78, 5) is 0.767. The van der Waals surface area contributed by atoms with Crippen LogP contribution >= 0.6 is 11.6 Å². The summed E-state index contributed by atoms with van der Waals surface area (Å²) in [6, 6.07) is 7.37. The van der Waals surface area contributed by atoms with Gasteiger partial charge in [-0.15, -0.1) is 0 Å². The molecule has 0 aromatic heterocycles. The lowest BCUT2D eigenvalue weighted by atomic mass is 10.4. The van der Waals surface area contributed by atoms with Crippen molar-refractivity contribution in [1.82, 2.24) is 5.32 Å². The molecule has 1 heterocycles. The molecule has 14 heavy (non-hydrogen) atoms. The highest BCUT2D eigenvalue weighted by atomic mass is 35.5. The Kier molecular flexibility index (Phi) is 3.21. The minimum absolute atomic E-state index is 0.217. The lowest BCUT2D eigenvalue weighted by Crippen LogP contribution is -2.18. The number of hydrogen-bond donors (Lipinski definition) is 1. The van der Waals surface area contributed by atoms with Crippen LogP contribution in [0.15, 0.2) is 29.2 Å². The molecule has 1 aliphatic heterocycles. The van der Waals surface area contributed by atoms with E-state index in [1.165, 1.54) is 0 Å². The molecule has 1 saturated heterocycles. The first kappa shape index (κ1) is 10.1. The monoisotopic (exact) mass is 229 g/mol. The fourth-order valence-corrected chi connectivity index (χ4v) is 3.40. The minimum Gasteiger partial charge on any atom is -0.315 e. The van der Waals surface area contributed by atoms with Gasteiger partial charge in [-0.1, -0.05) is 23.7 Å². The number of hydrogen-bond acceptors (Lipinski definition) is 2. The van der Waals surface area contributed by atoms with E-state index in [1.807, 2.05) is 18.2 Å². The maximum absolute atomic E-state index is 12.1. The highest BCUT2D eigenvalue weighted by Gasteiger charge is 2.23. The molecular formula is C10H12ClNOS. The van der Waals surface area contributed by atoms with E-state index in [0.717, 1.165) is 24.4 Å². The number of halogens is 1. The zero-order chi connectivity index (χ0) is 9.97. The molecule has 2 atom stereocenters. The quantitative estimate of drug-likeness (QED) is 0.838. The van der Waals surface area contributed by atoms with Crippen molar-refractivity contribution in [2.24, 2.45) is 0 Å². The van der Waals surface area contributed by atoms with Crippen molar-refractivity contribution in [2.45, 2.75) is 16.6 Å². The van der Waals surface area contributed by atoms with Crippen LogP contribution in [0.25, 0.3) is 0 Å². The first-order chi connectivity index (χ1) is 6.79. The lowest BCUT2D eigenvalue weighted by Gasteiger charge is -2.09. The van der Waals surface area contributed by atoms with Gasteiger partial charge in [-0.3, -0.25) is 4.21 Å². The molecule has 1 aromatic carbocycles. The summed E-state index contributed by atoms with van der Waals surface area (Å²) in [5, 5.41) is 4.03. The first-order valence-corrected chi connectivity index (χ1v) is 6.24. The highest BCUT2D eigenvalue weighted by Crippen LogP contribution is 2.23. The molecule has 0 radical (unpaired) electrons. The van der Waals surface area contributed by atoms with Crippen LogP contribution < -0.4 is 5.32 Å². The van der Waals surface area contributed by atoms with E-state index in [4.69, 9.17) is 11.6 Å². The highest BCUT2D eigenvalue weighted by molar-refractivity contribution is 7.85. The lowest BCUT2D eigenvalue weighted by molar-refractivity contribution is 0.672. The van der Waals surface area contributed by atoms with E-state index in [9.17, 15) is 4.21 Å². The van der Waals surface area contributed by atoms with E-state index in [2.05, 4.69) is 5.32 Å². The average molecular weight is 230 g/mol. The van der Waals surface area contributed by atoms with Gasteiger partial charge in [0.05, 0.1) is 26.0 Å². The van der Waals surface area contributed by atoms with Crippen molar-refractivity contribution in [3.63, 3.8) is 0 Å². The Morgan fingerprint density at radius 1 is 1.43 bits per heavy atom. The topological polar surface area (TPSA) is 29.1 Å². The van der Waals surface area contributed by atoms with E-state index in [-0.39, 0.29) is 5.25 Å². The summed E-state index contributed by atoms with van der Waals surface area (Å²) in [6.07, 6.45) is 0.970. The normalized spacial score (nSPS) is 23.6. The van der Waals surface area contributed by atoms with Gasteiger partial charge >= 0.3 is 0 Å². The molecule has 1 aliphatic rings. The third-order valence-electron chi connectivity index (χ3n) is 2.37. The van der Waals surface area contributed by atoms with Crippen LogP contribution in [-0.4, -0.2) is 22.5 Å². The van der Waals surface area contributed by atoms with Gasteiger partial charge in [-0.2, -0.15) is 0 Å². The molecule has 2 nitrogen and oxygen atoms in total. The van der Waals surface area contributed by atoms with Crippen LogP contribution in [0.3, 0.4) is 0 Å². The van der Waals surface area contributed by atoms with E-state index >= 15 is 0 Å². The average Bonchev–Trinajstić information content (AvgIpc) is 2.70. The van der Waals surface area contributed by atoms with Crippen LogP contribution in [0.1, 0.15) is 6.42 Å². The fourth-order valence-electron chi connectivity index (χ4n) is 1.60. The van der Waals surface area contributed by atoms with E-state index in [1.54, 1.807) is 6.07 Å². The summed E-state index contributed by atoms with van der Waals surface area (Å²) in [5.41, 5.74) is 0. The third kappa shape index (κ3) is 2.00. The number of rotatable bonds is 2. The van der Waals surface area contributed by atoms with Crippen molar-refractivity contribution in [3.8, 4) is 0 Å². The molecule has 2 rings (SSSR count). The maximum Gasteiger partial charge on any atom is 0.0589 e. The SMILES string of the molecule is O=S(c1ccccc1Cl)C1CCNC1. The molecule has 0 amide bonds. The van der Waals surface area contributed by atoms with Crippen LogP contribution in [-0.2, 0) is 10.8 Å². The predicted molar refractivity (Wildman–Crippen MR) is 59.1 cm³/mol. The van der Waals surface area contributed by atoms with Crippen molar-refractivity contribution >= 4 is 22.4 Å². The Balaban J connectivity index is 2.22. The van der Waals surface area contributed by atoms with Gasteiger partial charge in [-0.05, 0) is 25.1 Å². The van der Waals surface area contributed by atoms with Crippen molar-refractivity contribution in [1.29, 1.82) is 0 Å². The third-order valence-corrected chi connectivity index (χ3v) is 4.61. The molecule has 1 aromatic rings. The zero-order valence-electron chi connectivity index (χ0n) is 7.70. The van der Waals surface area contributed by atoms with Crippen molar-refractivity contribution < 1.29 is 4.21 Å². The second kappa shape index (κ2) is 4.43. The molecule has 1 N–H and O–H groups in total. The second-order valence-corrected chi connectivity index (χ2v) is 5.45. The molecule has 1 fully saturated rings. The standard InChI is InChI=1S/C10H12ClNOS/c11-9-3-1-2-4-10(9)14(13)8-5-6-12-7-8/h1-4,8,12H,5-7H2. The molecule has 4 heteroatoms. The molecule has 0 bridgehead atoms. The Labute approximate surface area is 91.1 Å². The van der Waals surface area contributed by atoms with Gasteiger partial charge in [0.15, 0.2) is 0 Å². The van der Waals surface area contributed by atoms with Crippen LogP contribution in [0.2, 0.25) is 5.02 Å². The molecular weight excluding hydrogens is 218 g/mol. The Hall–Kier alpha value is -0.380. The molecule has 0 aliphatic carbocycles. The van der Waals surface area contributed by atoms with E-state index in [0.29, 0.717) is 5.02 Å². The fraction of sp³-hybridized carbons (Fsp3) is 0.400. The van der Waals surface area contributed by atoms with Crippen LogP contribution in [0.5, 0.6) is 0 Å². The molecule has 0 spiro atoms. The summed E-state index contributed by atoms with van der Waals surface area (Å²) in [7, 11) is -0.965. The van der Waals surface area contributed by atoms with Gasteiger partial charge < -0.3 is 5.32 Å². The van der Waals surface area contributed by atoms with Crippen molar-refractivity contribution in [2.75, 3.05) is 13.1 Å². The van der Waals surface area contributed by atoms with Crippen LogP contribution in [0.4, 0.5) is 0 Å². The molecule has 0 saturated carbocycles. The molecule has 76 valence electrons. The zero-order valence-corrected chi connectivity index (χ0v) is 9.27. The van der Waals surface area contributed by atoms with Crippen LogP contribution in [0, 0.1) is 0 Å². The summed E-state index contributed by atoms with van der Waals surface area (Å²) in [6.45, 7) is 1.79. The summed E-state index contributed by atoms with van der Waals surface area (Å²) >= 11 is 5.98.